The van der Waals surface area contributed by atoms with Gasteiger partial charge in [0.25, 0.3) is 0 Å². The number of ether oxygens (including phenoxy) is 2. The van der Waals surface area contributed by atoms with Crippen LogP contribution in [-0.2, 0) is 22.4 Å². The molecule has 3 aromatic carbocycles. The van der Waals surface area contributed by atoms with Crippen molar-refractivity contribution < 1.29 is 19.1 Å². The van der Waals surface area contributed by atoms with Crippen LogP contribution < -0.4 is 15.6 Å². The summed E-state index contributed by atoms with van der Waals surface area (Å²) in [5, 5.41) is 4.31. The molecular weight excluding hydrogens is 540 g/mol. The van der Waals surface area contributed by atoms with E-state index >= 15 is 0 Å². The molecular formula is C36H40N2O5. The topological polar surface area (TPSA) is 97.5 Å². The van der Waals surface area contributed by atoms with E-state index in [1.165, 1.54) is 6.07 Å². The third-order valence-electron chi connectivity index (χ3n) is 8.14. The number of esters is 2. The zero-order valence-electron chi connectivity index (χ0n) is 24.8. The van der Waals surface area contributed by atoms with Crippen molar-refractivity contribution in [3.8, 4) is 5.75 Å². The third kappa shape index (κ3) is 8.42. The number of H-pyrrole nitrogens is 1. The van der Waals surface area contributed by atoms with Gasteiger partial charge in [-0.1, -0.05) is 73.4 Å². The first kappa shape index (κ1) is 30.2. The second kappa shape index (κ2) is 14.8. The predicted molar refractivity (Wildman–Crippen MR) is 168 cm³/mol. The number of carbonyl (C=O) groups is 2. The molecule has 1 heterocycles. The van der Waals surface area contributed by atoms with E-state index in [0.717, 1.165) is 73.4 Å². The summed E-state index contributed by atoms with van der Waals surface area (Å²) in [5.41, 5.74) is 4.12. The summed E-state index contributed by atoms with van der Waals surface area (Å²) in [4.78, 5) is 40.7. The molecule has 0 amide bonds. The van der Waals surface area contributed by atoms with Crippen LogP contribution in [0.2, 0.25) is 0 Å². The van der Waals surface area contributed by atoms with Crippen molar-refractivity contribution in [1.82, 2.24) is 10.3 Å². The number of fused-ring (bicyclic) bond motifs is 1. The van der Waals surface area contributed by atoms with Gasteiger partial charge >= 0.3 is 11.9 Å². The Morgan fingerprint density at radius 2 is 1.67 bits per heavy atom. The zero-order chi connectivity index (χ0) is 30.0. The maximum Gasteiger partial charge on any atom is 0.339 e. The van der Waals surface area contributed by atoms with Crippen LogP contribution in [0, 0.1) is 12.8 Å². The Balaban J connectivity index is 1.19. The molecule has 1 unspecified atom stereocenters. The molecule has 5 rings (SSSR count). The average molecular weight is 581 g/mol. The number of nitrogens with one attached hydrogen (secondary N) is 2. The molecule has 4 aromatic rings. The van der Waals surface area contributed by atoms with E-state index in [2.05, 4.69) is 10.3 Å². The molecule has 0 radical (unpaired) electrons. The molecule has 2 N–H and O–H groups in total. The number of aryl methyl sites for hydroxylation is 2. The number of rotatable bonds is 12. The molecule has 1 saturated carbocycles. The number of aromatic nitrogens is 1. The Morgan fingerprint density at radius 3 is 2.44 bits per heavy atom. The molecule has 224 valence electrons. The molecule has 7 nitrogen and oxygen atoms in total. The van der Waals surface area contributed by atoms with Crippen LogP contribution in [0.3, 0.4) is 0 Å². The fourth-order valence-corrected chi connectivity index (χ4v) is 5.69. The molecule has 1 fully saturated rings. The average Bonchev–Trinajstić information content (AvgIpc) is 3.02. The van der Waals surface area contributed by atoms with E-state index in [-0.39, 0.29) is 23.4 Å². The van der Waals surface area contributed by atoms with Gasteiger partial charge in [0.05, 0.1) is 17.0 Å². The fourth-order valence-electron chi connectivity index (χ4n) is 5.69. The first-order valence-electron chi connectivity index (χ1n) is 15.4. The summed E-state index contributed by atoms with van der Waals surface area (Å²) in [6, 6.07) is 24.5. The molecule has 0 bridgehead atoms. The Bertz CT molecular complexity index is 1570. The number of pyridine rings is 1. The minimum atomic E-state index is -0.458. The van der Waals surface area contributed by atoms with Crippen LogP contribution in [0.15, 0.2) is 83.7 Å². The molecule has 1 aliphatic rings. The maximum absolute atomic E-state index is 12.8. The van der Waals surface area contributed by atoms with Crippen LogP contribution in [0.5, 0.6) is 5.75 Å². The Hall–Kier alpha value is -4.23. The zero-order valence-corrected chi connectivity index (χ0v) is 24.8. The highest BCUT2D eigenvalue weighted by atomic mass is 16.6. The van der Waals surface area contributed by atoms with E-state index in [1.807, 2.05) is 55.5 Å². The lowest BCUT2D eigenvalue weighted by Gasteiger charge is -2.20. The highest BCUT2D eigenvalue weighted by Gasteiger charge is 2.24. The number of hydrogen-bond acceptors (Lipinski definition) is 6. The monoisotopic (exact) mass is 580 g/mol. The van der Waals surface area contributed by atoms with Gasteiger partial charge in [-0.15, -0.1) is 0 Å². The molecule has 1 aromatic heterocycles. The first-order chi connectivity index (χ1) is 21.0. The van der Waals surface area contributed by atoms with Gasteiger partial charge in [-0.25, -0.2) is 4.79 Å². The van der Waals surface area contributed by atoms with Gasteiger partial charge in [0, 0.05) is 17.9 Å². The van der Waals surface area contributed by atoms with E-state index < -0.39 is 6.23 Å². The molecule has 7 heteroatoms. The molecule has 43 heavy (non-hydrogen) atoms. The van der Waals surface area contributed by atoms with Gasteiger partial charge in [0.1, 0.15) is 0 Å². The van der Waals surface area contributed by atoms with Crippen molar-refractivity contribution in [1.29, 1.82) is 0 Å². The molecule has 1 aliphatic carbocycles. The Morgan fingerprint density at radius 1 is 0.907 bits per heavy atom. The normalized spacial score (nSPS) is 14.3. The van der Waals surface area contributed by atoms with E-state index in [9.17, 15) is 14.4 Å². The lowest BCUT2D eigenvalue weighted by Crippen LogP contribution is -2.36. The maximum atomic E-state index is 12.8. The summed E-state index contributed by atoms with van der Waals surface area (Å²) in [5.74, 6) is -0.225. The van der Waals surface area contributed by atoms with Crippen molar-refractivity contribution in [2.45, 2.75) is 70.9 Å². The largest absolute Gasteiger partial charge is 0.443 e. The summed E-state index contributed by atoms with van der Waals surface area (Å²) in [7, 11) is 0. The van der Waals surface area contributed by atoms with Gasteiger partial charge in [-0.05, 0) is 81.0 Å². The predicted octanol–water partition coefficient (Wildman–Crippen LogP) is 6.66. The SMILES string of the molecule is Cc1ccc(C(=O)OC(Cc2ccccc2)NCCCCc2ccc(OC(=O)C3CCCCC3)c3[nH]c(=O)ccc23)cc1. The molecule has 0 saturated heterocycles. The summed E-state index contributed by atoms with van der Waals surface area (Å²) < 4.78 is 11.7. The quantitative estimate of drug-likeness (QED) is 0.0842. The van der Waals surface area contributed by atoms with Crippen molar-refractivity contribution in [3.05, 3.63) is 111 Å². The number of unbranched alkanes of at least 4 members (excludes halogenated alkanes) is 1. The summed E-state index contributed by atoms with van der Waals surface area (Å²) in [6.07, 6.45) is 7.61. The van der Waals surface area contributed by atoms with Crippen LogP contribution in [0.25, 0.3) is 10.9 Å². The lowest BCUT2D eigenvalue weighted by molar-refractivity contribution is -0.139. The highest BCUT2D eigenvalue weighted by Crippen LogP contribution is 2.30. The highest BCUT2D eigenvalue weighted by molar-refractivity contribution is 5.90. The van der Waals surface area contributed by atoms with Crippen molar-refractivity contribution in [3.63, 3.8) is 0 Å². The van der Waals surface area contributed by atoms with Crippen molar-refractivity contribution in [2.24, 2.45) is 5.92 Å². The van der Waals surface area contributed by atoms with Gasteiger partial charge in [0.2, 0.25) is 5.56 Å². The smallest absolute Gasteiger partial charge is 0.339 e. The lowest BCUT2D eigenvalue weighted by atomic mass is 9.89. The van der Waals surface area contributed by atoms with E-state index in [1.54, 1.807) is 24.3 Å². The van der Waals surface area contributed by atoms with Gasteiger partial charge in [-0.3, -0.25) is 14.9 Å². The van der Waals surface area contributed by atoms with Gasteiger partial charge in [0.15, 0.2) is 12.0 Å². The summed E-state index contributed by atoms with van der Waals surface area (Å²) in [6.45, 7) is 2.66. The number of benzene rings is 3. The molecule has 0 aliphatic heterocycles. The Kier molecular flexibility index (Phi) is 10.4. The number of hydrogen-bond donors (Lipinski definition) is 2. The minimum Gasteiger partial charge on any atom is -0.443 e. The Labute approximate surface area is 252 Å². The van der Waals surface area contributed by atoms with Crippen LogP contribution >= 0.6 is 0 Å². The third-order valence-corrected chi connectivity index (χ3v) is 8.14. The summed E-state index contributed by atoms with van der Waals surface area (Å²) >= 11 is 0. The second-order valence-corrected chi connectivity index (χ2v) is 11.5. The molecule has 0 spiro atoms. The second-order valence-electron chi connectivity index (χ2n) is 11.5. The van der Waals surface area contributed by atoms with Gasteiger partial charge in [-0.2, -0.15) is 0 Å². The fraction of sp³-hybridized carbons (Fsp3) is 0.361. The van der Waals surface area contributed by atoms with Crippen LogP contribution in [-0.4, -0.2) is 29.7 Å². The standard InChI is InChI=1S/C36H40N2O5/c1-25-15-17-29(18-16-25)36(41)43-33(24-26-10-4-2-5-11-26)37-23-9-8-12-27-19-21-31(34-30(27)20-22-32(39)38-34)42-35(40)28-13-6-3-7-14-28/h2,4-5,10-11,15-22,28,33,37H,3,6-9,12-14,23-24H2,1H3,(H,38,39). The molecule has 1 atom stereocenters. The van der Waals surface area contributed by atoms with E-state index in [4.69, 9.17) is 9.47 Å². The number of carbonyl (C=O) groups excluding carboxylic acids is 2. The first-order valence-corrected chi connectivity index (χ1v) is 15.4. The van der Waals surface area contributed by atoms with Gasteiger partial charge < -0.3 is 14.5 Å². The van der Waals surface area contributed by atoms with Crippen molar-refractivity contribution in [2.75, 3.05) is 6.54 Å². The minimum absolute atomic E-state index is 0.0757. The van der Waals surface area contributed by atoms with E-state index in [0.29, 0.717) is 29.8 Å². The van der Waals surface area contributed by atoms with Crippen LogP contribution in [0.1, 0.15) is 72.0 Å². The number of aromatic amines is 1. The van der Waals surface area contributed by atoms with Crippen LogP contribution in [0.4, 0.5) is 0 Å². The van der Waals surface area contributed by atoms with Crippen molar-refractivity contribution >= 4 is 22.8 Å².